The molecule has 0 spiro atoms. The SMILES string of the molecule is Cn1nccc1CN1CC2CCC(N)C2C1. The minimum atomic E-state index is 0.446. The van der Waals surface area contributed by atoms with E-state index in [1.165, 1.54) is 31.6 Å². The molecule has 2 aliphatic rings. The molecule has 0 amide bonds. The first-order valence-corrected chi connectivity index (χ1v) is 6.19. The number of nitrogens with zero attached hydrogens (tertiary/aromatic N) is 3. The molecule has 3 unspecified atom stereocenters. The van der Waals surface area contributed by atoms with Crippen LogP contribution in [-0.4, -0.2) is 33.8 Å². The van der Waals surface area contributed by atoms with E-state index in [1.807, 2.05) is 17.9 Å². The molecule has 0 radical (unpaired) electrons. The first-order valence-electron chi connectivity index (χ1n) is 6.19. The number of hydrogen-bond acceptors (Lipinski definition) is 3. The first kappa shape index (κ1) is 10.3. The van der Waals surface area contributed by atoms with Gasteiger partial charge in [-0.25, -0.2) is 0 Å². The molecule has 1 saturated heterocycles. The van der Waals surface area contributed by atoms with E-state index in [9.17, 15) is 0 Å². The van der Waals surface area contributed by atoms with E-state index in [2.05, 4.69) is 16.1 Å². The number of aromatic nitrogens is 2. The van der Waals surface area contributed by atoms with Crippen molar-refractivity contribution in [3.63, 3.8) is 0 Å². The van der Waals surface area contributed by atoms with E-state index in [0.29, 0.717) is 6.04 Å². The summed E-state index contributed by atoms with van der Waals surface area (Å²) in [6.07, 6.45) is 4.43. The summed E-state index contributed by atoms with van der Waals surface area (Å²) in [5.74, 6) is 1.59. The minimum absolute atomic E-state index is 0.446. The van der Waals surface area contributed by atoms with Gasteiger partial charge < -0.3 is 5.73 Å². The maximum Gasteiger partial charge on any atom is 0.0521 e. The number of likely N-dealkylation sites (tertiary alicyclic amines) is 1. The highest BCUT2D eigenvalue weighted by molar-refractivity contribution is 5.02. The van der Waals surface area contributed by atoms with Crippen LogP contribution in [0.2, 0.25) is 0 Å². The summed E-state index contributed by atoms with van der Waals surface area (Å²) in [6.45, 7) is 3.43. The molecular weight excluding hydrogens is 200 g/mol. The molecule has 0 aromatic carbocycles. The Bertz CT molecular complexity index is 373. The van der Waals surface area contributed by atoms with Crippen molar-refractivity contribution in [2.24, 2.45) is 24.6 Å². The van der Waals surface area contributed by atoms with Gasteiger partial charge in [-0.3, -0.25) is 9.58 Å². The summed E-state index contributed by atoms with van der Waals surface area (Å²) in [4.78, 5) is 2.53. The summed E-state index contributed by atoms with van der Waals surface area (Å²) in [6, 6.07) is 2.55. The molecule has 3 rings (SSSR count). The lowest BCUT2D eigenvalue weighted by atomic mass is 9.98. The smallest absolute Gasteiger partial charge is 0.0521 e. The summed E-state index contributed by atoms with van der Waals surface area (Å²) in [5.41, 5.74) is 7.44. The molecule has 1 aromatic heterocycles. The molecule has 3 atom stereocenters. The Balaban J connectivity index is 1.65. The molecule has 0 bridgehead atoms. The predicted molar refractivity (Wildman–Crippen MR) is 62.7 cm³/mol. The normalized spacial score (nSPS) is 34.5. The van der Waals surface area contributed by atoms with E-state index >= 15 is 0 Å². The van der Waals surface area contributed by atoms with Crippen molar-refractivity contribution >= 4 is 0 Å². The Morgan fingerprint density at radius 2 is 2.31 bits per heavy atom. The molecule has 2 heterocycles. The van der Waals surface area contributed by atoms with Crippen molar-refractivity contribution in [2.75, 3.05) is 13.1 Å². The minimum Gasteiger partial charge on any atom is -0.327 e. The number of hydrogen-bond donors (Lipinski definition) is 1. The van der Waals surface area contributed by atoms with Crippen molar-refractivity contribution in [3.8, 4) is 0 Å². The molecule has 16 heavy (non-hydrogen) atoms. The zero-order valence-electron chi connectivity index (χ0n) is 9.84. The van der Waals surface area contributed by atoms with Crippen LogP contribution >= 0.6 is 0 Å². The number of fused-ring (bicyclic) bond motifs is 1. The van der Waals surface area contributed by atoms with E-state index in [4.69, 9.17) is 5.73 Å². The predicted octanol–water partition coefficient (Wildman–Crippen LogP) is 0.589. The summed E-state index contributed by atoms with van der Waals surface area (Å²) in [7, 11) is 2.01. The topological polar surface area (TPSA) is 47.1 Å². The summed E-state index contributed by atoms with van der Waals surface area (Å²) in [5, 5.41) is 4.21. The van der Waals surface area contributed by atoms with Crippen molar-refractivity contribution in [2.45, 2.75) is 25.4 Å². The van der Waals surface area contributed by atoms with Gasteiger partial charge in [-0.05, 0) is 30.7 Å². The highest BCUT2D eigenvalue weighted by Crippen LogP contribution is 2.37. The first-order chi connectivity index (χ1) is 7.74. The summed E-state index contributed by atoms with van der Waals surface area (Å²) >= 11 is 0. The van der Waals surface area contributed by atoms with Gasteiger partial charge >= 0.3 is 0 Å². The molecule has 1 saturated carbocycles. The second-order valence-corrected chi connectivity index (χ2v) is 5.31. The Morgan fingerprint density at radius 3 is 3.00 bits per heavy atom. The van der Waals surface area contributed by atoms with Crippen LogP contribution in [0.25, 0.3) is 0 Å². The highest BCUT2D eigenvalue weighted by Gasteiger charge is 2.40. The maximum atomic E-state index is 6.14. The lowest BCUT2D eigenvalue weighted by molar-refractivity contribution is 0.290. The third kappa shape index (κ3) is 1.66. The zero-order valence-corrected chi connectivity index (χ0v) is 9.84. The number of rotatable bonds is 2. The molecule has 1 aromatic rings. The molecule has 4 heteroatoms. The quantitative estimate of drug-likeness (QED) is 0.793. The molecule has 4 nitrogen and oxygen atoms in total. The van der Waals surface area contributed by atoms with Crippen LogP contribution in [0.1, 0.15) is 18.5 Å². The van der Waals surface area contributed by atoms with Gasteiger partial charge in [-0.15, -0.1) is 0 Å². The van der Waals surface area contributed by atoms with Crippen molar-refractivity contribution < 1.29 is 0 Å². The van der Waals surface area contributed by atoms with Gasteiger partial charge in [0.25, 0.3) is 0 Å². The van der Waals surface area contributed by atoms with Crippen LogP contribution in [0.3, 0.4) is 0 Å². The fourth-order valence-electron chi connectivity index (χ4n) is 3.31. The lowest BCUT2D eigenvalue weighted by Gasteiger charge is -2.18. The Kier molecular flexibility index (Phi) is 2.48. The molecule has 1 aliphatic carbocycles. The number of aryl methyl sites for hydroxylation is 1. The summed E-state index contributed by atoms with van der Waals surface area (Å²) < 4.78 is 1.97. The van der Waals surface area contributed by atoms with Gasteiger partial charge in [0, 0.05) is 38.9 Å². The van der Waals surface area contributed by atoms with Crippen LogP contribution in [0.15, 0.2) is 12.3 Å². The largest absolute Gasteiger partial charge is 0.327 e. The van der Waals surface area contributed by atoms with Crippen LogP contribution < -0.4 is 5.73 Å². The van der Waals surface area contributed by atoms with Crippen LogP contribution in [0, 0.1) is 11.8 Å². The van der Waals surface area contributed by atoms with Crippen molar-refractivity contribution in [1.29, 1.82) is 0 Å². The van der Waals surface area contributed by atoms with E-state index in [-0.39, 0.29) is 0 Å². The van der Waals surface area contributed by atoms with Gasteiger partial charge in [-0.2, -0.15) is 5.10 Å². The van der Waals surface area contributed by atoms with E-state index in [1.54, 1.807) is 0 Å². The molecule has 1 aliphatic heterocycles. The molecular formula is C12H20N4. The lowest BCUT2D eigenvalue weighted by Crippen LogP contribution is -2.30. The van der Waals surface area contributed by atoms with E-state index < -0.39 is 0 Å². The van der Waals surface area contributed by atoms with Gasteiger partial charge in [0.15, 0.2) is 0 Å². The Labute approximate surface area is 96.4 Å². The second-order valence-electron chi connectivity index (χ2n) is 5.31. The monoisotopic (exact) mass is 220 g/mol. The van der Waals surface area contributed by atoms with Crippen LogP contribution in [-0.2, 0) is 13.6 Å². The fraction of sp³-hybridized carbons (Fsp3) is 0.750. The third-order valence-electron chi connectivity index (χ3n) is 4.30. The molecule has 2 N–H and O–H groups in total. The number of nitrogens with two attached hydrogens (primary N) is 1. The maximum absolute atomic E-state index is 6.14. The van der Waals surface area contributed by atoms with E-state index in [0.717, 1.165) is 18.4 Å². The average molecular weight is 220 g/mol. The van der Waals surface area contributed by atoms with Gasteiger partial charge in [-0.1, -0.05) is 0 Å². The van der Waals surface area contributed by atoms with Crippen LogP contribution in [0.5, 0.6) is 0 Å². The Morgan fingerprint density at radius 1 is 1.44 bits per heavy atom. The van der Waals surface area contributed by atoms with Crippen molar-refractivity contribution in [1.82, 2.24) is 14.7 Å². The van der Waals surface area contributed by atoms with Gasteiger partial charge in [0.1, 0.15) is 0 Å². The average Bonchev–Trinajstić information content (AvgIpc) is 2.90. The van der Waals surface area contributed by atoms with Crippen molar-refractivity contribution in [3.05, 3.63) is 18.0 Å². The fourth-order valence-corrected chi connectivity index (χ4v) is 3.31. The zero-order chi connectivity index (χ0) is 11.1. The Hall–Kier alpha value is -0.870. The van der Waals surface area contributed by atoms with Crippen LogP contribution in [0.4, 0.5) is 0 Å². The second kappa shape index (κ2) is 3.86. The molecule has 88 valence electrons. The van der Waals surface area contributed by atoms with Gasteiger partial charge in [0.2, 0.25) is 0 Å². The van der Waals surface area contributed by atoms with Gasteiger partial charge in [0.05, 0.1) is 5.69 Å². The molecule has 2 fully saturated rings. The highest BCUT2D eigenvalue weighted by atomic mass is 15.3. The third-order valence-corrected chi connectivity index (χ3v) is 4.30. The standard InChI is InChI=1S/C12H20N4/c1-15-10(4-5-14-15)7-16-6-9-2-3-12(13)11(9)8-16/h4-5,9,11-12H,2-3,6-8,13H2,1H3.